The molecule has 0 atom stereocenters. The second-order valence-electron chi connectivity index (χ2n) is 7.96. The predicted octanol–water partition coefficient (Wildman–Crippen LogP) is 3.20. The SMILES string of the molecule is O=C(CS(=O)(=O)c1ccccc1)Nc1ccc(N2CCN(C(=O)c3cccc(F)c3)CC2)cc1. The second kappa shape index (κ2) is 10.0. The van der Waals surface area contributed by atoms with Gasteiger partial charge in [0.1, 0.15) is 11.6 Å². The van der Waals surface area contributed by atoms with Gasteiger partial charge >= 0.3 is 0 Å². The number of anilines is 2. The zero-order valence-corrected chi connectivity index (χ0v) is 19.2. The summed E-state index contributed by atoms with van der Waals surface area (Å²) >= 11 is 0. The molecule has 0 unspecified atom stereocenters. The lowest BCUT2D eigenvalue weighted by atomic mass is 10.1. The van der Waals surface area contributed by atoms with Crippen molar-refractivity contribution >= 4 is 33.0 Å². The Morgan fingerprint density at radius 3 is 2.18 bits per heavy atom. The average Bonchev–Trinajstić information content (AvgIpc) is 2.84. The van der Waals surface area contributed by atoms with Crippen molar-refractivity contribution in [2.45, 2.75) is 4.90 Å². The first-order valence-corrected chi connectivity index (χ1v) is 12.4. The van der Waals surface area contributed by atoms with Crippen LogP contribution in [0.5, 0.6) is 0 Å². The maximum Gasteiger partial charge on any atom is 0.254 e. The molecule has 0 radical (unpaired) electrons. The molecule has 0 saturated carbocycles. The maximum absolute atomic E-state index is 13.4. The van der Waals surface area contributed by atoms with E-state index in [1.807, 2.05) is 12.1 Å². The number of hydrogen-bond acceptors (Lipinski definition) is 5. The molecule has 3 aromatic rings. The van der Waals surface area contributed by atoms with Gasteiger partial charge in [0.05, 0.1) is 4.90 Å². The van der Waals surface area contributed by atoms with Crippen molar-refractivity contribution in [1.29, 1.82) is 0 Å². The molecule has 0 aliphatic carbocycles. The minimum Gasteiger partial charge on any atom is -0.368 e. The molecular formula is C25H24FN3O4S. The molecular weight excluding hydrogens is 457 g/mol. The molecule has 4 rings (SSSR count). The number of rotatable bonds is 6. The molecule has 1 fully saturated rings. The smallest absolute Gasteiger partial charge is 0.254 e. The second-order valence-corrected chi connectivity index (χ2v) is 9.95. The lowest BCUT2D eigenvalue weighted by Crippen LogP contribution is -2.48. The van der Waals surface area contributed by atoms with Gasteiger partial charge in [-0.25, -0.2) is 12.8 Å². The number of halogens is 1. The van der Waals surface area contributed by atoms with Crippen molar-refractivity contribution in [2.75, 3.05) is 42.1 Å². The normalized spacial score (nSPS) is 14.0. The number of carbonyl (C=O) groups excluding carboxylic acids is 2. The zero-order valence-electron chi connectivity index (χ0n) is 18.4. The molecule has 0 bridgehead atoms. The van der Waals surface area contributed by atoms with Crippen LogP contribution in [0.1, 0.15) is 10.4 Å². The fraction of sp³-hybridized carbons (Fsp3) is 0.200. The lowest BCUT2D eigenvalue weighted by Gasteiger charge is -2.36. The molecule has 176 valence electrons. The minimum atomic E-state index is -3.71. The average molecular weight is 482 g/mol. The van der Waals surface area contributed by atoms with E-state index in [0.29, 0.717) is 37.4 Å². The van der Waals surface area contributed by atoms with Crippen molar-refractivity contribution in [3.63, 3.8) is 0 Å². The summed E-state index contributed by atoms with van der Waals surface area (Å²) in [7, 11) is -3.71. The van der Waals surface area contributed by atoms with Crippen LogP contribution in [-0.4, -0.2) is 57.1 Å². The zero-order chi connectivity index (χ0) is 24.1. The quantitative estimate of drug-likeness (QED) is 0.584. The largest absolute Gasteiger partial charge is 0.368 e. The van der Waals surface area contributed by atoms with Crippen molar-refractivity contribution < 1.29 is 22.4 Å². The van der Waals surface area contributed by atoms with E-state index < -0.39 is 27.3 Å². The third-order valence-electron chi connectivity index (χ3n) is 5.58. The van der Waals surface area contributed by atoms with E-state index in [2.05, 4.69) is 10.2 Å². The Morgan fingerprint density at radius 1 is 0.853 bits per heavy atom. The van der Waals surface area contributed by atoms with Gasteiger partial charge in [-0.3, -0.25) is 9.59 Å². The van der Waals surface area contributed by atoms with Gasteiger partial charge in [-0.2, -0.15) is 0 Å². The van der Waals surface area contributed by atoms with Crippen LogP contribution in [0.3, 0.4) is 0 Å². The third-order valence-corrected chi connectivity index (χ3v) is 7.21. The highest BCUT2D eigenvalue weighted by Crippen LogP contribution is 2.21. The van der Waals surface area contributed by atoms with Gasteiger partial charge in [-0.05, 0) is 54.6 Å². The summed E-state index contributed by atoms with van der Waals surface area (Å²) in [5, 5.41) is 2.62. The Balaban J connectivity index is 1.31. The molecule has 0 spiro atoms. The van der Waals surface area contributed by atoms with Crippen LogP contribution in [0.15, 0.2) is 83.8 Å². The highest BCUT2D eigenvalue weighted by molar-refractivity contribution is 7.92. The Morgan fingerprint density at radius 2 is 1.53 bits per heavy atom. The van der Waals surface area contributed by atoms with E-state index in [-0.39, 0.29) is 10.8 Å². The van der Waals surface area contributed by atoms with Crippen LogP contribution in [0.25, 0.3) is 0 Å². The molecule has 1 N–H and O–H groups in total. The first kappa shape index (κ1) is 23.4. The van der Waals surface area contributed by atoms with Gasteiger partial charge < -0.3 is 15.1 Å². The summed E-state index contributed by atoms with van der Waals surface area (Å²) in [5.41, 5.74) is 1.76. The van der Waals surface area contributed by atoms with Crippen molar-refractivity contribution in [1.82, 2.24) is 4.90 Å². The molecule has 9 heteroatoms. The van der Waals surface area contributed by atoms with E-state index in [1.165, 1.54) is 30.3 Å². The first-order chi connectivity index (χ1) is 16.3. The summed E-state index contributed by atoms with van der Waals surface area (Å²) in [5.74, 6) is -1.88. The molecule has 3 aromatic carbocycles. The number of hydrogen-bond donors (Lipinski definition) is 1. The lowest BCUT2D eigenvalue weighted by molar-refractivity contribution is -0.113. The van der Waals surface area contributed by atoms with Crippen LogP contribution in [0.4, 0.5) is 15.8 Å². The molecule has 1 saturated heterocycles. The fourth-order valence-corrected chi connectivity index (χ4v) is 4.96. The highest BCUT2D eigenvalue weighted by atomic mass is 32.2. The third kappa shape index (κ3) is 5.60. The molecule has 0 aromatic heterocycles. The van der Waals surface area contributed by atoms with E-state index in [0.717, 1.165) is 5.69 Å². The Bertz CT molecular complexity index is 1270. The molecule has 2 amide bonds. The summed E-state index contributed by atoms with van der Waals surface area (Å²) < 4.78 is 38.1. The summed E-state index contributed by atoms with van der Waals surface area (Å²) in [6, 6.07) is 20.6. The van der Waals surface area contributed by atoms with Crippen LogP contribution in [-0.2, 0) is 14.6 Å². The van der Waals surface area contributed by atoms with Gasteiger partial charge in [-0.15, -0.1) is 0 Å². The minimum absolute atomic E-state index is 0.107. The van der Waals surface area contributed by atoms with Crippen molar-refractivity contribution in [3.8, 4) is 0 Å². The number of amides is 2. The van der Waals surface area contributed by atoms with E-state index >= 15 is 0 Å². The molecule has 1 heterocycles. The Hall–Kier alpha value is -3.72. The first-order valence-electron chi connectivity index (χ1n) is 10.8. The van der Waals surface area contributed by atoms with Gasteiger partial charge in [0.2, 0.25) is 5.91 Å². The molecule has 34 heavy (non-hydrogen) atoms. The molecule has 7 nitrogen and oxygen atoms in total. The summed E-state index contributed by atoms with van der Waals surface area (Å²) in [6.45, 7) is 2.24. The number of nitrogens with one attached hydrogen (secondary N) is 1. The van der Waals surface area contributed by atoms with E-state index in [4.69, 9.17) is 0 Å². The van der Waals surface area contributed by atoms with Crippen LogP contribution in [0.2, 0.25) is 0 Å². The van der Waals surface area contributed by atoms with Gasteiger partial charge in [-0.1, -0.05) is 24.3 Å². The number of carbonyl (C=O) groups is 2. The van der Waals surface area contributed by atoms with Gasteiger partial charge in [0, 0.05) is 43.1 Å². The summed E-state index contributed by atoms with van der Waals surface area (Å²) in [6.07, 6.45) is 0. The van der Waals surface area contributed by atoms with E-state index in [1.54, 1.807) is 41.3 Å². The molecule has 1 aliphatic heterocycles. The highest BCUT2D eigenvalue weighted by Gasteiger charge is 2.23. The van der Waals surface area contributed by atoms with Crippen LogP contribution >= 0.6 is 0 Å². The fourth-order valence-electron chi connectivity index (χ4n) is 3.81. The number of piperazine rings is 1. The van der Waals surface area contributed by atoms with Gasteiger partial charge in [0.15, 0.2) is 9.84 Å². The topological polar surface area (TPSA) is 86.8 Å². The number of nitrogens with zero attached hydrogens (tertiary/aromatic N) is 2. The Kier molecular flexibility index (Phi) is 6.93. The van der Waals surface area contributed by atoms with Crippen LogP contribution in [0, 0.1) is 5.82 Å². The number of sulfone groups is 1. The maximum atomic E-state index is 13.4. The van der Waals surface area contributed by atoms with Gasteiger partial charge in [0.25, 0.3) is 5.91 Å². The standard InChI is InChI=1S/C25H24FN3O4S/c26-20-6-4-5-19(17-20)25(31)29-15-13-28(14-16-29)22-11-9-21(10-12-22)27-24(30)18-34(32,33)23-7-2-1-3-8-23/h1-12,17H,13-16,18H2,(H,27,30). The monoisotopic (exact) mass is 481 g/mol. The Labute approximate surface area is 197 Å². The molecule has 1 aliphatic rings. The van der Waals surface area contributed by atoms with Crippen molar-refractivity contribution in [3.05, 3.63) is 90.2 Å². The van der Waals surface area contributed by atoms with Crippen LogP contribution < -0.4 is 10.2 Å². The van der Waals surface area contributed by atoms with E-state index in [9.17, 15) is 22.4 Å². The number of benzene rings is 3. The summed E-state index contributed by atoms with van der Waals surface area (Å²) in [4.78, 5) is 28.8. The predicted molar refractivity (Wildman–Crippen MR) is 128 cm³/mol. The van der Waals surface area contributed by atoms with Crippen molar-refractivity contribution in [2.24, 2.45) is 0 Å².